The van der Waals surface area contributed by atoms with Gasteiger partial charge in [-0.2, -0.15) is 0 Å². The van der Waals surface area contributed by atoms with Crippen molar-refractivity contribution in [2.75, 3.05) is 30.5 Å². The minimum atomic E-state index is -1.77. The molecule has 3 aromatic rings. The van der Waals surface area contributed by atoms with Gasteiger partial charge >= 0.3 is 0 Å². The Bertz CT molecular complexity index is 1440. The SMILES string of the molecule is CCCOc1ccccc1C1C(C(=O)Nc2ccccc2OCC)C(=O)CC(C)(O)C1C(=O)Nc1ccccc1OCC. The summed E-state index contributed by atoms with van der Waals surface area (Å²) in [6.45, 7) is 8.27. The average Bonchev–Trinajstić information content (AvgIpc) is 2.97. The number of anilines is 2. The number of para-hydroxylation sites is 5. The number of amides is 2. The van der Waals surface area contributed by atoms with Gasteiger partial charge in [-0.05, 0) is 63.1 Å². The molecular formula is C34H40N2O7. The van der Waals surface area contributed by atoms with Gasteiger partial charge in [0.05, 0.1) is 42.7 Å². The third-order valence-corrected chi connectivity index (χ3v) is 7.46. The molecule has 1 saturated carbocycles. The lowest BCUT2D eigenvalue weighted by atomic mass is 9.61. The Labute approximate surface area is 252 Å². The lowest BCUT2D eigenvalue weighted by Crippen LogP contribution is -2.56. The summed E-state index contributed by atoms with van der Waals surface area (Å²) in [4.78, 5) is 42.0. The highest BCUT2D eigenvalue weighted by Crippen LogP contribution is 2.49. The molecule has 0 aromatic heterocycles. The maximum Gasteiger partial charge on any atom is 0.235 e. The third kappa shape index (κ3) is 7.17. The van der Waals surface area contributed by atoms with Crippen molar-refractivity contribution < 1.29 is 33.7 Å². The number of benzene rings is 3. The second-order valence-electron chi connectivity index (χ2n) is 10.7. The van der Waals surface area contributed by atoms with E-state index in [4.69, 9.17) is 14.2 Å². The lowest BCUT2D eigenvalue weighted by molar-refractivity contribution is -0.150. The van der Waals surface area contributed by atoms with Crippen molar-refractivity contribution in [1.82, 2.24) is 0 Å². The summed E-state index contributed by atoms with van der Waals surface area (Å²) < 4.78 is 17.4. The van der Waals surface area contributed by atoms with E-state index in [1.54, 1.807) is 72.8 Å². The molecule has 228 valence electrons. The summed E-state index contributed by atoms with van der Waals surface area (Å²) in [5.74, 6) is -3.83. The normalized spacial score (nSPS) is 21.5. The standard InChI is InChI=1S/C34H40N2O7/c1-5-20-43-26-17-11-8-14-22(26)29-30(32(38)35-23-15-9-12-18-27(23)41-6-2)25(37)21-34(4,40)31(29)33(39)36-24-16-10-13-19-28(24)42-7-3/h8-19,29-31,40H,5-7,20-21H2,1-4H3,(H,35,38)(H,36,39). The topological polar surface area (TPSA) is 123 Å². The minimum Gasteiger partial charge on any atom is -0.493 e. The van der Waals surface area contributed by atoms with Crippen LogP contribution in [0, 0.1) is 11.8 Å². The quantitative estimate of drug-likeness (QED) is 0.236. The molecule has 1 aliphatic carbocycles. The first kappa shape index (κ1) is 31.6. The molecule has 4 atom stereocenters. The number of aliphatic hydroxyl groups is 1. The van der Waals surface area contributed by atoms with Crippen molar-refractivity contribution in [1.29, 1.82) is 0 Å². The van der Waals surface area contributed by atoms with Gasteiger partial charge in [-0.3, -0.25) is 14.4 Å². The van der Waals surface area contributed by atoms with Gasteiger partial charge in [0, 0.05) is 12.3 Å². The van der Waals surface area contributed by atoms with Crippen LogP contribution in [0.4, 0.5) is 11.4 Å². The molecule has 0 bridgehead atoms. The Morgan fingerprint density at radius 3 is 1.86 bits per heavy atom. The van der Waals surface area contributed by atoms with Crippen LogP contribution in [0.3, 0.4) is 0 Å². The molecule has 4 rings (SSSR count). The van der Waals surface area contributed by atoms with Crippen LogP contribution in [0.2, 0.25) is 0 Å². The molecule has 3 N–H and O–H groups in total. The van der Waals surface area contributed by atoms with Crippen LogP contribution in [0.15, 0.2) is 72.8 Å². The van der Waals surface area contributed by atoms with Gasteiger partial charge in [0.1, 0.15) is 28.9 Å². The van der Waals surface area contributed by atoms with Gasteiger partial charge in [-0.25, -0.2) is 0 Å². The third-order valence-electron chi connectivity index (χ3n) is 7.46. The predicted molar refractivity (Wildman–Crippen MR) is 165 cm³/mol. The Balaban J connectivity index is 1.82. The van der Waals surface area contributed by atoms with Crippen molar-refractivity contribution in [2.24, 2.45) is 11.8 Å². The summed E-state index contributed by atoms with van der Waals surface area (Å²) in [6.07, 6.45) is 0.337. The first-order valence-corrected chi connectivity index (χ1v) is 14.7. The number of rotatable bonds is 12. The number of hydrogen-bond acceptors (Lipinski definition) is 7. The van der Waals surface area contributed by atoms with Crippen molar-refractivity contribution in [3.63, 3.8) is 0 Å². The van der Waals surface area contributed by atoms with Crippen molar-refractivity contribution in [3.05, 3.63) is 78.4 Å². The van der Waals surface area contributed by atoms with E-state index in [0.29, 0.717) is 54.0 Å². The second-order valence-corrected chi connectivity index (χ2v) is 10.7. The summed E-state index contributed by atoms with van der Waals surface area (Å²) in [6, 6.07) is 21.0. The number of hydrogen-bond donors (Lipinski definition) is 3. The van der Waals surface area contributed by atoms with Gasteiger partial charge in [0.15, 0.2) is 0 Å². The Hall–Kier alpha value is -4.37. The van der Waals surface area contributed by atoms with Gasteiger partial charge in [-0.15, -0.1) is 0 Å². The molecule has 3 aromatic carbocycles. The van der Waals surface area contributed by atoms with E-state index in [9.17, 15) is 19.5 Å². The highest BCUT2D eigenvalue weighted by Gasteiger charge is 2.56. The van der Waals surface area contributed by atoms with Gasteiger partial charge in [0.25, 0.3) is 0 Å². The van der Waals surface area contributed by atoms with Crippen LogP contribution in [-0.4, -0.2) is 48.1 Å². The largest absolute Gasteiger partial charge is 0.493 e. The smallest absolute Gasteiger partial charge is 0.235 e. The second kappa shape index (κ2) is 14.2. The zero-order valence-corrected chi connectivity index (χ0v) is 25.1. The molecule has 0 heterocycles. The van der Waals surface area contributed by atoms with Crippen LogP contribution in [0.1, 0.15) is 52.0 Å². The van der Waals surface area contributed by atoms with Crippen molar-refractivity contribution >= 4 is 29.0 Å². The van der Waals surface area contributed by atoms with E-state index in [2.05, 4.69) is 10.6 Å². The number of ether oxygens (including phenoxy) is 3. The molecule has 0 radical (unpaired) electrons. The zero-order chi connectivity index (χ0) is 31.0. The van der Waals surface area contributed by atoms with Crippen LogP contribution < -0.4 is 24.8 Å². The Morgan fingerprint density at radius 2 is 1.30 bits per heavy atom. The number of Topliss-reactive ketones (excluding diaryl/α,β-unsaturated/α-hetero) is 1. The van der Waals surface area contributed by atoms with Crippen molar-refractivity contribution in [3.8, 4) is 17.2 Å². The van der Waals surface area contributed by atoms with E-state index < -0.39 is 47.4 Å². The van der Waals surface area contributed by atoms with Crippen LogP contribution >= 0.6 is 0 Å². The Kier molecular flexibility index (Phi) is 10.4. The van der Waals surface area contributed by atoms with E-state index >= 15 is 0 Å². The van der Waals surface area contributed by atoms with E-state index in [1.165, 1.54) is 6.92 Å². The Morgan fingerprint density at radius 1 is 0.791 bits per heavy atom. The van der Waals surface area contributed by atoms with Crippen LogP contribution in [0.5, 0.6) is 17.2 Å². The molecule has 0 aliphatic heterocycles. The molecule has 2 amide bonds. The van der Waals surface area contributed by atoms with Crippen LogP contribution in [0.25, 0.3) is 0 Å². The molecule has 9 heteroatoms. The van der Waals surface area contributed by atoms with E-state index in [-0.39, 0.29) is 0 Å². The highest BCUT2D eigenvalue weighted by molar-refractivity contribution is 6.11. The molecule has 0 spiro atoms. The highest BCUT2D eigenvalue weighted by atomic mass is 16.5. The van der Waals surface area contributed by atoms with Gasteiger partial charge in [0.2, 0.25) is 11.8 Å². The molecule has 1 aliphatic rings. The van der Waals surface area contributed by atoms with Crippen LogP contribution in [-0.2, 0) is 14.4 Å². The fourth-order valence-electron chi connectivity index (χ4n) is 5.69. The zero-order valence-electron chi connectivity index (χ0n) is 25.1. The maximum absolute atomic E-state index is 14.2. The van der Waals surface area contributed by atoms with Gasteiger partial charge in [-0.1, -0.05) is 49.4 Å². The molecule has 0 saturated heterocycles. The molecule has 43 heavy (non-hydrogen) atoms. The fourth-order valence-corrected chi connectivity index (χ4v) is 5.69. The minimum absolute atomic E-state index is 0.383. The molecular weight excluding hydrogens is 548 g/mol. The molecule has 1 fully saturated rings. The summed E-state index contributed by atoms with van der Waals surface area (Å²) in [5, 5.41) is 17.5. The average molecular weight is 589 g/mol. The first-order chi connectivity index (χ1) is 20.7. The number of nitrogens with one attached hydrogen (secondary N) is 2. The lowest BCUT2D eigenvalue weighted by Gasteiger charge is -2.44. The van der Waals surface area contributed by atoms with E-state index in [1.807, 2.05) is 20.8 Å². The van der Waals surface area contributed by atoms with E-state index in [0.717, 1.165) is 6.42 Å². The number of ketones is 1. The first-order valence-electron chi connectivity index (χ1n) is 14.7. The predicted octanol–water partition coefficient (Wildman–Crippen LogP) is 5.59. The summed E-state index contributed by atoms with van der Waals surface area (Å²) >= 11 is 0. The summed E-state index contributed by atoms with van der Waals surface area (Å²) in [5.41, 5.74) is -0.464. The molecule has 9 nitrogen and oxygen atoms in total. The number of carbonyl (C=O) groups excluding carboxylic acids is 3. The maximum atomic E-state index is 14.2. The van der Waals surface area contributed by atoms with Crippen molar-refractivity contribution in [2.45, 2.75) is 52.1 Å². The monoisotopic (exact) mass is 588 g/mol. The number of carbonyl (C=O) groups is 3. The molecule has 4 unspecified atom stereocenters. The fraction of sp³-hybridized carbons (Fsp3) is 0.382. The van der Waals surface area contributed by atoms with Gasteiger partial charge < -0.3 is 30.0 Å². The summed E-state index contributed by atoms with van der Waals surface area (Å²) in [7, 11) is 0.